The van der Waals surface area contributed by atoms with Crippen LogP contribution in [-0.4, -0.2) is 55.1 Å². The summed E-state index contributed by atoms with van der Waals surface area (Å²) in [7, 11) is 4.09. The van der Waals surface area contributed by atoms with Gasteiger partial charge in [0.05, 0.1) is 0 Å². The van der Waals surface area contributed by atoms with E-state index in [0.717, 1.165) is 26.1 Å². The van der Waals surface area contributed by atoms with E-state index in [1.807, 2.05) is 46.7 Å². The van der Waals surface area contributed by atoms with Crippen molar-refractivity contribution in [1.82, 2.24) is 15.1 Å². The van der Waals surface area contributed by atoms with Crippen LogP contribution in [-0.2, 0) is 0 Å². The highest BCUT2D eigenvalue weighted by Crippen LogP contribution is 2.02. The summed E-state index contributed by atoms with van der Waals surface area (Å²) in [6, 6.07) is 0.0359. The summed E-state index contributed by atoms with van der Waals surface area (Å²) in [5.74, 6) is 0. The Labute approximate surface area is 100.0 Å². The van der Waals surface area contributed by atoms with Crippen molar-refractivity contribution in [2.24, 2.45) is 0 Å². The van der Waals surface area contributed by atoms with Crippen molar-refractivity contribution in [2.45, 2.75) is 39.7 Å². The molecule has 0 unspecified atom stereocenters. The van der Waals surface area contributed by atoms with Crippen LogP contribution >= 0.6 is 0 Å². The minimum Gasteiger partial charge on any atom is -0.333 e. The number of amides is 2. The molecule has 0 saturated heterocycles. The van der Waals surface area contributed by atoms with E-state index >= 15 is 0 Å². The van der Waals surface area contributed by atoms with E-state index < -0.39 is 0 Å². The van der Waals surface area contributed by atoms with Crippen LogP contribution in [0.25, 0.3) is 0 Å². The highest BCUT2D eigenvalue weighted by atomic mass is 16.2. The lowest BCUT2D eigenvalue weighted by Gasteiger charge is -2.28. The molecule has 16 heavy (non-hydrogen) atoms. The lowest BCUT2D eigenvalue weighted by Crippen LogP contribution is -2.48. The van der Waals surface area contributed by atoms with Crippen LogP contribution in [0.4, 0.5) is 4.79 Å². The van der Waals surface area contributed by atoms with Gasteiger partial charge in [0, 0.05) is 18.6 Å². The summed E-state index contributed by atoms with van der Waals surface area (Å²) in [4.78, 5) is 15.9. The average molecular weight is 229 g/mol. The number of rotatable bonds is 5. The van der Waals surface area contributed by atoms with Crippen LogP contribution in [0, 0.1) is 0 Å². The van der Waals surface area contributed by atoms with Crippen LogP contribution in [0.1, 0.15) is 34.1 Å². The van der Waals surface area contributed by atoms with Gasteiger partial charge in [-0.3, -0.25) is 0 Å². The molecule has 4 heteroatoms. The summed E-state index contributed by atoms with van der Waals surface area (Å²) >= 11 is 0. The number of hydrogen-bond acceptors (Lipinski definition) is 2. The zero-order chi connectivity index (χ0) is 12.8. The number of nitrogens with zero attached hydrogens (tertiary/aromatic N) is 2. The molecule has 0 atom stereocenters. The van der Waals surface area contributed by atoms with Crippen molar-refractivity contribution >= 4 is 6.03 Å². The summed E-state index contributed by atoms with van der Waals surface area (Å²) in [5.41, 5.74) is -0.161. The van der Waals surface area contributed by atoms with Crippen LogP contribution in [0.2, 0.25) is 0 Å². The first-order chi connectivity index (χ1) is 7.26. The molecule has 0 aromatic heterocycles. The second-order valence-electron chi connectivity index (χ2n) is 5.42. The van der Waals surface area contributed by atoms with Gasteiger partial charge in [-0.1, -0.05) is 0 Å². The minimum atomic E-state index is -0.161. The van der Waals surface area contributed by atoms with Gasteiger partial charge in [-0.2, -0.15) is 0 Å². The van der Waals surface area contributed by atoms with Crippen LogP contribution in [0.15, 0.2) is 0 Å². The highest BCUT2D eigenvalue weighted by molar-refractivity contribution is 5.74. The zero-order valence-corrected chi connectivity index (χ0v) is 11.6. The summed E-state index contributed by atoms with van der Waals surface area (Å²) in [6.07, 6.45) is 1.01. The number of nitrogens with one attached hydrogen (secondary N) is 1. The molecule has 0 spiro atoms. The first kappa shape index (κ1) is 15.2. The van der Waals surface area contributed by atoms with E-state index in [1.54, 1.807) is 0 Å². The first-order valence-corrected chi connectivity index (χ1v) is 5.98. The Balaban J connectivity index is 4.02. The number of hydrogen-bond donors (Lipinski definition) is 1. The molecule has 0 aliphatic rings. The second kappa shape index (κ2) is 6.74. The molecule has 0 heterocycles. The van der Waals surface area contributed by atoms with Crippen molar-refractivity contribution in [3.63, 3.8) is 0 Å². The molecule has 96 valence electrons. The molecular formula is C12H27N3O. The number of carbonyl (C=O) groups is 1. The monoisotopic (exact) mass is 229 g/mol. The highest BCUT2D eigenvalue weighted by Gasteiger charge is 2.17. The van der Waals surface area contributed by atoms with Gasteiger partial charge in [-0.05, 0) is 54.8 Å². The minimum absolute atomic E-state index is 0.0359. The first-order valence-electron chi connectivity index (χ1n) is 5.98. The predicted molar refractivity (Wildman–Crippen MR) is 68.7 cm³/mol. The van der Waals surface area contributed by atoms with Gasteiger partial charge in [0.2, 0.25) is 0 Å². The second-order valence-corrected chi connectivity index (χ2v) is 5.42. The van der Waals surface area contributed by atoms with E-state index in [0.29, 0.717) is 0 Å². The molecule has 1 N–H and O–H groups in total. The van der Waals surface area contributed by atoms with Crippen molar-refractivity contribution in [3.8, 4) is 0 Å². The lowest BCUT2D eigenvalue weighted by molar-refractivity contribution is 0.188. The summed E-state index contributed by atoms with van der Waals surface area (Å²) in [6.45, 7) is 10.6. The number of urea groups is 1. The van der Waals surface area contributed by atoms with E-state index in [2.05, 4.69) is 10.2 Å². The molecule has 0 saturated carbocycles. The summed E-state index contributed by atoms with van der Waals surface area (Å²) in [5, 5.41) is 2.98. The largest absolute Gasteiger partial charge is 0.333 e. The molecule has 0 aliphatic heterocycles. The van der Waals surface area contributed by atoms with Crippen molar-refractivity contribution < 1.29 is 4.79 Å². The molecule has 0 bridgehead atoms. The quantitative estimate of drug-likeness (QED) is 0.780. The third-order valence-electron chi connectivity index (χ3n) is 2.18. The number of carbonyl (C=O) groups excluding carboxylic acids is 1. The van der Waals surface area contributed by atoms with E-state index in [-0.39, 0.29) is 11.6 Å². The van der Waals surface area contributed by atoms with Crippen molar-refractivity contribution in [3.05, 3.63) is 0 Å². The Kier molecular flexibility index (Phi) is 6.41. The van der Waals surface area contributed by atoms with Crippen LogP contribution in [0.5, 0.6) is 0 Å². The Bertz CT molecular complexity index is 209. The van der Waals surface area contributed by atoms with Gasteiger partial charge in [0.25, 0.3) is 0 Å². The lowest BCUT2D eigenvalue weighted by atomic mass is 10.1. The Hall–Kier alpha value is -0.770. The Morgan fingerprint density at radius 3 is 2.12 bits per heavy atom. The molecule has 2 amide bonds. The van der Waals surface area contributed by atoms with Crippen molar-refractivity contribution in [2.75, 3.05) is 33.7 Å². The van der Waals surface area contributed by atoms with Gasteiger partial charge >= 0.3 is 6.03 Å². The third-order valence-corrected chi connectivity index (χ3v) is 2.18. The standard InChI is InChI=1S/C12H27N3O/c1-7-15(10-8-9-14(5)6)11(16)13-12(2,3)4/h7-10H2,1-6H3,(H,13,16). The zero-order valence-electron chi connectivity index (χ0n) is 11.6. The maximum atomic E-state index is 11.9. The molecule has 0 radical (unpaired) electrons. The molecule has 4 nitrogen and oxygen atoms in total. The fourth-order valence-corrected chi connectivity index (χ4v) is 1.38. The third kappa shape index (κ3) is 7.51. The van der Waals surface area contributed by atoms with Gasteiger partial charge in [0.15, 0.2) is 0 Å². The van der Waals surface area contributed by atoms with Gasteiger partial charge in [0.1, 0.15) is 0 Å². The van der Waals surface area contributed by atoms with E-state index in [1.165, 1.54) is 0 Å². The van der Waals surface area contributed by atoms with E-state index in [4.69, 9.17) is 0 Å². The molecule has 0 aliphatic carbocycles. The SMILES string of the molecule is CCN(CCCN(C)C)C(=O)NC(C)(C)C. The molecule has 0 aromatic rings. The predicted octanol–water partition coefficient (Wildman–Crippen LogP) is 1.77. The fourth-order valence-electron chi connectivity index (χ4n) is 1.38. The van der Waals surface area contributed by atoms with Crippen molar-refractivity contribution in [1.29, 1.82) is 0 Å². The normalized spacial score (nSPS) is 11.7. The van der Waals surface area contributed by atoms with Gasteiger partial charge < -0.3 is 15.1 Å². The van der Waals surface area contributed by atoms with Crippen LogP contribution in [0.3, 0.4) is 0 Å². The maximum Gasteiger partial charge on any atom is 0.317 e. The smallest absolute Gasteiger partial charge is 0.317 e. The molecule has 0 aromatic carbocycles. The fraction of sp³-hybridized carbons (Fsp3) is 0.917. The van der Waals surface area contributed by atoms with Gasteiger partial charge in [-0.15, -0.1) is 0 Å². The van der Waals surface area contributed by atoms with Gasteiger partial charge in [-0.25, -0.2) is 4.79 Å². The maximum absolute atomic E-state index is 11.9. The summed E-state index contributed by atoms with van der Waals surface area (Å²) < 4.78 is 0. The molecule has 0 fully saturated rings. The molecular weight excluding hydrogens is 202 g/mol. The average Bonchev–Trinajstić information content (AvgIpc) is 2.08. The Morgan fingerprint density at radius 1 is 1.19 bits per heavy atom. The van der Waals surface area contributed by atoms with E-state index in [9.17, 15) is 4.79 Å². The topological polar surface area (TPSA) is 35.6 Å². The van der Waals surface area contributed by atoms with Crippen LogP contribution < -0.4 is 5.32 Å². The molecule has 0 rings (SSSR count). The Morgan fingerprint density at radius 2 is 1.75 bits per heavy atom.